The molecule has 1 aromatic carbocycles. The van der Waals surface area contributed by atoms with E-state index in [0.717, 1.165) is 51.1 Å². The predicted molar refractivity (Wildman–Crippen MR) is 84.2 cm³/mol. The molecule has 21 heavy (non-hydrogen) atoms. The lowest BCUT2D eigenvalue weighted by atomic mass is 10.2. The van der Waals surface area contributed by atoms with Crippen molar-refractivity contribution in [2.75, 3.05) is 26.2 Å². The molecule has 0 N–H and O–H groups in total. The zero-order chi connectivity index (χ0) is 14.2. The molecule has 0 unspecified atom stereocenters. The van der Waals surface area contributed by atoms with E-state index < -0.39 is 0 Å². The molecule has 0 atom stereocenters. The van der Waals surface area contributed by atoms with Gasteiger partial charge in [0.1, 0.15) is 5.01 Å². The molecule has 2 aliphatic rings. The van der Waals surface area contributed by atoms with E-state index in [0.29, 0.717) is 11.8 Å². The van der Waals surface area contributed by atoms with E-state index in [1.54, 1.807) is 11.3 Å². The lowest BCUT2D eigenvalue weighted by Gasteiger charge is -2.34. The molecule has 1 aliphatic carbocycles. The first-order valence-electron chi connectivity index (χ1n) is 7.65. The van der Waals surface area contributed by atoms with Crippen molar-refractivity contribution in [2.45, 2.75) is 19.4 Å². The smallest absolute Gasteiger partial charge is 0.225 e. The van der Waals surface area contributed by atoms with Crippen LogP contribution in [-0.2, 0) is 11.3 Å². The van der Waals surface area contributed by atoms with Gasteiger partial charge >= 0.3 is 0 Å². The van der Waals surface area contributed by atoms with E-state index in [4.69, 9.17) is 4.98 Å². The molecule has 2 aromatic rings. The number of fused-ring (bicyclic) bond motifs is 1. The Morgan fingerprint density at radius 2 is 1.95 bits per heavy atom. The number of para-hydroxylation sites is 1. The summed E-state index contributed by atoms with van der Waals surface area (Å²) in [5.41, 5.74) is 1.10. The van der Waals surface area contributed by atoms with Gasteiger partial charge in [-0.15, -0.1) is 11.3 Å². The van der Waals surface area contributed by atoms with Crippen LogP contribution in [0.15, 0.2) is 24.3 Å². The van der Waals surface area contributed by atoms with Crippen LogP contribution in [0.4, 0.5) is 0 Å². The number of aromatic nitrogens is 1. The molecule has 1 saturated carbocycles. The number of nitrogens with zero attached hydrogens (tertiary/aromatic N) is 3. The third-order valence-electron chi connectivity index (χ3n) is 4.31. The van der Waals surface area contributed by atoms with Crippen molar-refractivity contribution in [1.29, 1.82) is 0 Å². The minimum atomic E-state index is 0.348. The number of benzene rings is 1. The fourth-order valence-corrected chi connectivity index (χ4v) is 3.90. The van der Waals surface area contributed by atoms with Crippen molar-refractivity contribution in [2.24, 2.45) is 5.92 Å². The Morgan fingerprint density at radius 1 is 1.19 bits per heavy atom. The molecule has 1 aromatic heterocycles. The van der Waals surface area contributed by atoms with Crippen LogP contribution in [-0.4, -0.2) is 46.9 Å². The molecule has 5 heteroatoms. The van der Waals surface area contributed by atoms with E-state index in [2.05, 4.69) is 23.1 Å². The van der Waals surface area contributed by atoms with Gasteiger partial charge in [0.15, 0.2) is 0 Å². The Morgan fingerprint density at radius 3 is 2.67 bits per heavy atom. The number of piperazine rings is 1. The average Bonchev–Trinajstić information content (AvgIpc) is 3.27. The summed E-state index contributed by atoms with van der Waals surface area (Å²) in [6.07, 6.45) is 2.20. The van der Waals surface area contributed by atoms with Crippen molar-refractivity contribution in [3.63, 3.8) is 0 Å². The highest BCUT2D eigenvalue weighted by Gasteiger charge is 2.34. The first kappa shape index (κ1) is 13.2. The summed E-state index contributed by atoms with van der Waals surface area (Å²) in [5, 5.41) is 1.18. The van der Waals surface area contributed by atoms with Crippen LogP contribution in [0.5, 0.6) is 0 Å². The normalized spacial score (nSPS) is 20.1. The Hall–Kier alpha value is -1.46. The Kier molecular flexibility index (Phi) is 3.39. The van der Waals surface area contributed by atoms with Crippen LogP contribution in [0.1, 0.15) is 17.8 Å². The molecule has 1 saturated heterocycles. The standard InChI is InChI=1S/C16H19N3OS/c20-16(12-5-6-12)19-9-7-18(8-10-19)11-15-17-13-3-1-2-4-14(13)21-15/h1-4,12H,5-11H2. The highest BCUT2D eigenvalue weighted by Crippen LogP contribution is 2.31. The summed E-state index contributed by atoms with van der Waals surface area (Å²) in [4.78, 5) is 21.2. The maximum absolute atomic E-state index is 12.0. The summed E-state index contributed by atoms with van der Waals surface area (Å²) < 4.78 is 1.26. The van der Waals surface area contributed by atoms with E-state index in [-0.39, 0.29) is 0 Å². The largest absolute Gasteiger partial charge is 0.340 e. The second-order valence-corrected chi connectivity index (χ2v) is 7.07. The van der Waals surface area contributed by atoms with Crippen LogP contribution < -0.4 is 0 Å². The first-order valence-corrected chi connectivity index (χ1v) is 8.47. The van der Waals surface area contributed by atoms with Gasteiger partial charge in [-0.25, -0.2) is 4.98 Å². The van der Waals surface area contributed by atoms with E-state index >= 15 is 0 Å². The van der Waals surface area contributed by atoms with Gasteiger partial charge in [-0.2, -0.15) is 0 Å². The molecule has 0 radical (unpaired) electrons. The third kappa shape index (κ3) is 2.80. The minimum Gasteiger partial charge on any atom is -0.340 e. The lowest BCUT2D eigenvalue weighted by Crippen LogP contribution is -2.48. The number of carbonyl (C=O) groups excluding carboxylic acids is 1. The highest BCUT2D eigenvalue weighted by atomic mass is 32.1. The highest BCUT2D eigenvalue weighted by molar-refractivity contribution is 7.18. The van der Waals surface area contributed by atoms with Gasteiger partial charge in [0.2, 0.25) is 5.91 Å². The molecular weight excluding hydrogens is 282 g/mol. The molecule has 0 spiro atoms. The fourth-order valence-electron chi connectivity index (χ4n) is 2.89. The van der Waals surface area contributed by atoms with Crippen molar-refractivity contribution < 1.29 is 4.79 Å². The molecule has 110 valence electrons. The van der Waals surface area contributed by atoms with Gasteiger partial charge in [0.05, 0.1) is 16.8 Å². The quantitative estimate of drug-likeness (QED) is 0.873. The number of amides is 1. The van der Waals surface area contributed by atoms with Gasteiger partial charge in [-0.1, -0.05) is 12.1 Å². The zero-order valence-electron chi connectivity index (χ0n) is 12.0. The molecule has 0 bridgehead atoms. The summed E-state index contributed by atoms with van der Waals surface area (Å²) in [5.74, 6) is 0.732. The predicted octanol–water partition coefficient (Wildman–Crippen LogP) is 2.35. The number of carbonyl (C=O) groups is 1. The first-order chi connectivity index (χ1) is 10.3. The molecule has 1 aliphatic heterocycles. The van der Waals surface area contributed by atoms with Gasteiger partial charge in [-0.3, -0.25) is 9.69 Å². The van der Waals surface area contributed by atoms with Crippen LogP contribution in [0.3, 0.4) is 0 Å². The molecule has 2 heterocycles. The van der Waals surface area contributed by atoms with Gasteiger partial charge in [-0.05, 0) is 25.0 Å². The summed E-state index contributed by atoms with van der Waals surface area (Å²) >= 11 is 1.78. The second-order valence-electron chi connectivity index (χ2n) is 5.95. The van der Waals surface area contributed by atoms with Gasteiger partial charge in [0.25, 0.3) is 0 Å². The zero-order valence-corrected chi connectivity index (χ0v) is 12.8. The van der Waals surface area contributed by atoms with Gasteiger partial charge in [0, 0.05) is 32.1 Å². The van der Waals surface area contributed by atoms with Crippen LogP contribution >= 0.6 is 11.3 Å². The second kappa shape index (κ2) is 5.39. The topological polar surface area (TPSA) is 36.4 Å². The van der Waals surface area contributed by atoms with Crippen molar-refractivity contribution in [3.8, 4) is 0 Å². The summed E-state index contributed by atoms with van der Waals surface area (Å²) in [6, 6.07) is 8.30. The number of hydrogen-bond donors (Lipinski definition) is 0. The molecular formula is C16H19N3OS. The van der Waals surface area contributed by atoms with Crippen LogP contribution in [0, 0.1) is 5.92 Å². The summed E-state index contributed by atoms with van der Waals surface area (Å²) in [6.45, 7) is 4.59. The monoisotopic (exact) mass is 301 g/mol. The molecule has 4 rings (SSSR count). The summed E-state index contributed by atoms with van der Waals surface area (Å²) in [7, 11) is 0. The average molecular weight is 301 g/mol. The number of thiazole rings is 1. The third-order valence-corrected chi connectivity index (χ3v) is 5.33. The lowest BCUT2D eigenvalue weighted by molar-refractivity contribution is -0.134. The van der Waals surface area contributed by atoms with E-state index in [9.17, 15) is 4.79 Å². The minimum absolute atomic E-state index is 0.348. The van der Waals surface area contributed by atoms with Crippen LogP contribution in [0.25, 0.3) is 10.2 Å². The number of hydrogen-bond acceptors (Lipinski definition) is 4. The Labute approximate surface area is 128 Å². The Balaban J connectivity index is 1.36. The Bertz CT molecular complexity index is 623. The molecule has 2 fully saturated rings. The van der Waals surface area contributed by atoms with E-state index in [1.807, 2.05) is 11.0 Å². The maximum Gasteiger partial charge on any atom is 0.225 e. The van der Waals surface area contributed by atoms with E-state index in [1.165, 1.54) is 9.71 Å². The maximum atomic E-state index is 12.0. The number of rotatable bonds is 3. The van der Waals surface area contributed by atoms with Crippen molar-refractivity contribution in [1.82, 2.24) is 14.8 Å². The van der Waals surface area contributed by atoms with Gasteiger partial charge < -0.3 is 4.90 Å². The fraction of sp³-hybridized carbons (Fsp3) is 0.500. The van der Waals surface area contributed by atoms with Crippen LogP contribution in [0.2, 0.25) is 0 Å². The molecule has 4 nitrogen and oxygen atoms in total. The van der Waals surface area contributed by atoms with Crippen molar-refractivity contribution >= 4 is 27.5 Å². The SMILES string of the molecule is O=C(C1CC1)N1CCN(Cc2nc3ccccc3s2)CC1. The molecule has 1 amide bonds. The van der Waals surface area contributed by atoms with Crippen molar-refractivity contribution in [3.05, 3.63) is 29.3 Å².